The predicted molar refractivity (Wildman–Crippen MR) is 124 cm³/mol. The summed E-state index contributed by atoms with van der Waals surface area (Å²) >= 11 is 0. The number of fused-ring (bicyclic) bond motifs is 1. The maximum Gasteiger partial charge on any atom is 0.303 e. The molecule has 3 N–H and O–H groups in total. The molecule has 2 fully saturated rings. The van der Waals surface area contributed by atoms with Crippen molar-refractivity contribution in [1.82, 2.24) is 9.97 Å². The number of anilines is 3. The summed E-state index contributed by atoms with van der Waals surface area (Å²) in [6.07, 6.45) is 6.59. The third-order valence-corrected chi connectivity index (χ3v) is 7.32. The van der Waals surface area contributed by atoms with E-state index in [-0.39, 0.29) is 23.2 Å². The first kappa shape index (κ1) is 21.5. The first-order valence-corrected chi connectivity index (χ1v) is 11.6. The van der Waals surface area contributed by atoms with Gasteiger partial charge in [0.25, 0.3) is 5.91 Å². The van der Waals surface area contributed by atoms with Gasteiger partial charge in [-0.3, -0.25) is 9.59 Å². The molecule has 1 spiro atoms. The Morgan fingerprint density at radius 1 is 1.12 bits per heavy atom. The van der Waals surface area contributed by atoms with Gasteiger partial charge in [0, 0.05) is 37.4 Å². The van der Waals surface area contributed by atoms with Gasteiger partial charge in [-0.05, 0) is 67.7 Å². The average molecular weight is 452 g/mol. The number of nitrogen functional groups attached to an aromatic ring is 1. The zero-order valence-corrected chi connectivity index (χ0v) is 18.6. The van der Waals surface area contributed by atoms with E-state index in [0.29, 0.717) is 37.3 Å². The van der Waals surface area contributed by atoms with Crippen LogP contribution in [0, 0.1) is 11.3 Å². The number of piperidine rings is 1. The van der Waals surface area contributed by atoms with Gasteiger partial charge in [-0.15, -0.1) is 0 Å². The molecule has 9 heteroatoms. The molecule has 9 nitrogen and oxygen atoms in total. The second-order valence-corrected chi connectivity index (χ2v) is 9.47. The normalized spacial score (nSPS) is 20.4. The number of rotatable bonds is 4. The Balaban J connectivity index is 1.25. The van der Waals surface area contributed by atoms with Crippen molar-refractivity contribution in [2.75, 3.05) is 41.8 Å². The van der Waals surface area contributed by atoms with E-state index < -0.39 is 5.97 Å². The van der Waals surface area contributed by atoms with E-state index in [9.17, 15) is 9.59 Å². The molecule has 1 aliphatic carbocycles. The number of amides is 1. The lowest BCUT2D eigenvalue weighted by Crippen LogP contribution is -2.47. The summed E-state index contributed by atoms with van der Waals surface area (Å²) in [5.41, 5.74) is 8.47. The number of carboxylic acids is 1. The summed E-state index contributed by atoms with van der Waals surface area (Å²) in [7, 11) is 0. The average Bonchev–Trinajstić information content (AvgIpc) is 2.77. The SMILES string of the molecule is Nc1ncnc2c1C(=O)N(c1ccc(N3CCC4(CC3)CC(CC(=O)O)C4)cc1)CCCO2. The lowest BCUT2D eigenvalue weighted by molar-refractivity contribution is -0.140. The summed E-state index contributed by atoms with van der Waals surface area (Å²) in [5, 5.41) is 9.00. The number of carboxylic acid groups (broad SMARTS) is 1. The lowest BCUT2D eigenvalue weighted by atomic mass is 9.57. The first-order chi connectivity index (χ1) is 15.9. The minimum absolute atomic E-state index is 0.123. The van der Waals surface area contributed by atoms with Crippen LogP contribution in [0.3, 0.4) is 0 Å². The van der Waals surface area contributed by atoms with Gasteiger partial charge < -0.3 is 25.4 Å². The van der Waals surface area contributed by atoms with Crippen LogP contribution in [0.5, 0.6) is 5.88 Å². The lowest BCUT2D eigenvalue weighted by Gasteiger charge is -2.52. The zero-order chi connectivity index (χ0) is 23.0. The Morgan fingerprint density at radius 2 is 1.82 bits per heavy atom. The quantitative estimate of drug-likeness (QED) is 0.728. The number of carbonyl (C=O) groups is 2. The fraction of sp³-hybridized carbons (Fsp3) is 0.500. The molecule has 1 saturated heterocycles. The van der Waals surface area contributed by atoms with E-state index in [2.05, 4.69) is 27.0 Å². The molecule has 2 aromatic rings. The molecule has 0 radical (unpaired) electrons. The molecule has 3 heterocycles. The summed E-state index contributed by atoms with van der Waals surface area (Å²) < 4.78 is 5.60. The van der Waals surface area contributed by atoms with Crippen molar-refractivity contribution in [2.24, 2.45) is 11.3 Å². The van der Waals surface area contributed by atoms with Gasteiger partial charge in [0.15, 0.2) is 0 Å². The summed E-state index contributed by atoms with van der Waals surface area (Å²) in [6, 6.07) is 8.09. The Labute approximate surface area is 192 Å². The van der Waals surface area contributed by atoms with Crippen molar-refractivity contribution in [3.63, 3.8) is 0 Å². The van der Waals surface area contributed by atoms with Crippen molar-refractivity contribution in [2.45, 2.75) is 38.5 Å². The maximum atomic E-state index is 13.2. The largest absolute Gasteiger partial charge is 0.481 e. The van der Waals surface area contributed by atoms with Crippen molar-refractivity contribution >= 4 is 29.1 Å². The number of hydrogen-bond acceptors (Lipinski definition) is 7. The fourth-order valence-electron chi connectivity index (χ4n) is 5.61. The molecule has 1 amide bonds. The monoisotopic (exact) mass is 451 g/mol. The van der Waals surface area contributed by atoms with Gasteiger partial charge in [-0.25, -0.2) is 9.97 Å². The van der Waals surface area contributed by atoms with Crippen molar-refractivity contribution in [3.05, 3.63) is 36.2 Å². The van der Waals surface area contributed by atoms with Crippen molar-refractivity contribution < 1.29 is 19.4 Å². The van der Waals surface area contributed by atoms with Crippen molar-refractivity contribution in [1.29, 1.82) is 0 Å². The minimum Gasteiger partial charge on any atom is -0.481 e. The predicted octanol–water partition coefficient (Wildman–Crippen LogP) is 2.96. The topological polar surface area (TPSA) is 122 Å². The second-order valence-electron chi connectivity index (χ2n) is 9.47. The van der Waals surface area contributed by atoms with E-state index in [4.69, 9.17) is 15.6 Å². The van der Waals surface area contributed by atoms with Gasteiger partial charge in [0.1, 0.15) is 17.7 Å². The number of carbonyl (C=O) groups excluding carboxylic acids is 1. The van der Waals surface area contributed by atoms with Crippen molar-refractivity contribution in [3.8, 4) is 5.88 Å². The molecule has 1 aromatic heterocycles. The van der Waals surface area contributed by atoms with Crippen LogP contribution >= 0.6 is 0 Å². The number of benzene rings is 1. The third-order valence-electron chi connectivity index (χ3n) is 7.32. The van der Waals surface area contributed by atoms with Crippen LogP contribution in [-0.2, 0) is 4.79 Å². The first-order valence-electron chi connectivity index (χ1n) is 11.6. The number of ether oxygens (including phenoxy) is 1. The summed E-state index contributed by atoms with van der Waals surface area (Å²) in [4.78, 5) is 36.3. The molecule has 1 saturated carbocycles. The highest BCUT2D eigenvalue weighted by Crippen LogP contribution is 2.54. The van der Waals surface area contributed by atoms with Crippen LogP contribution in [0.25, 0.3) is 0 Å². The van der Waals surface area contributed by atoms with E-state index in [0.717, 1.165) is 50.1 Å². The number of nitrogens with zero attached hydrogens (tertiary/aromatic N) is 4. The Bertz CT molecular complexity index is 1040. The number of aliphatic carboxylic acids is 1. The molecule has 174 valence electrons. The number of aromatic nitrogens is 2. The molecular formula is C24H29N5O4. The zero-order valence-electron chi connectivity index (χ0n) is 18.6. The summed E-state index contributed by atoms with van der Waals surface area (Å²) in [6.45, 7) is 2.92. The maximum absolute atomic E-state index is 13.2. The molecule has 0 unspecified atom stereocenters. The number of nitrogens with two attached hydrogens (primary N) is 1. The standard InChI is InChI=1S/C24H29N5O4/c25-21-20-22(27-15-26-21)33-11-1-8-29(23(20)32)18-4-2-17(3-5-18)28-9-6-24(7-10-28)13-16(14-24)12-19(30)31/h2-5,15-16H,1,6-14H2,(H,30,31)(H2,25,26,27). The molecule has 5 rings (SSSR count). The third kappa shape index (κ3) is 4.19. The van der Waals surface area contributed by atoms with E-state index >= 15 is 0 Å². The number of hydrogen-bond donors (Lipinski definition) is 2. The van der Waals surface area contributed by atoms with Crippen LogP contribution in [0.15, 0.2) is 30.6 Å². The van der Waals surface area contributed by atoms with E-state index in [1.165, 1.54) is 6.33 Å². The van der Waals surface area contributed by atoms with Crippen LogP contribution in [0.2, 0.25) is 0 Å². The van der Waals surface area contributed by atoms with Crippen LogP contribution in [-0.4, -0.2) is 53.2 Å². The molecule has 0 bridgehead atoms. The van der Waals surface area contributed by atoms with Gasteiger partial charge in [-0.2, -0.15) is 0 Å². The van der Waals surface area contributed by atoms with Gasteiger partial charge in [-0.1, -0.05) is 0 Å². The van der Waals surface area contributed by atoms with Crippen LogP contribution in [0.4, 0.5) is 17.2 Å². The Kier molecular flexibility index (Phi) is 5.55. The summed E-state index contributed by atoms with van der Waals surface area (Å²) in [5.74, 6) is -0.234. The van der Waals surface area contributed by atoms with Crippen LogP contribution in [0.1, 0.15) is 48.9 Å². The van der Waals surface area contributed by atoms with Gasteiger partial charge in [0.05, 0.1) is 6.61 Å². The van der Waals surface area contributed by atoms with Crippen LogP contribution < -0.4 is 20.3 Å². The molecule has 3 aliphatic rings. The fourth-order valence-corrected chi connectivity index (χ4v) is 5.61. The molecular weight excluding hydrogens is 422 g/mol. The highest BCUT2D eigenvalue weighted by Gasteiger charge is 2.46. The highest BCUT2D eigenvalue weighted by molar-refractivity contribution is 6.10. The van der Waals surface area contributed by atoms with Gasteiger partial charge >= 0.3 is 5.97 Å². The smallest absolute Gasteiger partial charge is 0.303 e. The van der Waals surface area contributed by atoms with E-state index in [1.54, 1.807) is 4.90 Å². The molecule has 33 heavy (non-hydrogen) atoms. The van der Waals surface area contributed by atoms with E-state index in [1.807, 2.05) is 12.1 Å². The minimum atomic E-state index is -0.683. The Morgan fingerprint density at radius 3 is 2.52 bits per heavy atom. The second kappa shape index (κ2) is 8.53. The van der Waals surface area contributed by atoms with Gasteiger partial charge in [0.2, 0.25) is 5.88 Å². The highest BCUT2D eigenvalue weighted by atomic mass is 16.5. The molecule has 2 aliphatic heterocycles. The molecule has 1 aromatic carbocycles. The molecule has 0 atom stereocenters. The Hall–Kier alpha value is -3.36.